The van der Waals surface area contributed by atoms with E-state index in [9.17, 15) is 12.8 Å². The summed E-state index contributed by atoms with van der Waals surface area (Å²) in [6, 6.07) is 17.4. The van der Waals surface area contributed by atoms with E-state index < -0.39 is 10.0 Å². The minimum atomic E-state index is -3.76. The molecule has 0 aliphatic heterocycles. The van der Waals surface area contributed by atoms with E-state index >= 15 is 0 Å². The molecular formula is C21H17FN6O2S2. The van der Waals surface area contributed by atoms with Crippen molar-refractivity contribution in [1.82, 2.24) is 9.97 Å². The summed E-state index contributed by atoms with van der Waals surface area (Å²) in [5, 5.41) is 15.2. The van der Waals surface area contributed by atoms with E-state index in [-0.39, 0.29) is 10.7 Å². The molecule has 0 aliphatic carbocycles. The van der Waals surface area contributed by atoms with Gasteiger partial charge in [-0.2, -0.15) is 0 Å². The number of nitrogens with one attached hydrogen (secondary N) is 3. The molecular weight excluding hydrogens is 451 g/mol. The highest BCUT2D eigenvalue weighted by Gasteiger charge is 2.09. The highest BCUT2D eigenvalue weighted by atomic mass is 32.2. The van der Waals surface area contributed by atoms with Gasteiger partial charge in [0, 0.05) is 22.4 Å². The molecule has 0 aliphatic rings. The molecule has 11 heteroatoms. The zero-order chi connectivity index (χ0) is 22.7. The van der Waals surface area contributed by atoms with Crippen LogP contribution in [-0.2, 0) is 10.0 Å². The van der Waals surface area contributed by atoms with Crippen LogP contribution in [0.1, 0.15) is 0 Å². The molecule has 0 atom stereocenters. The lowest BCUT2D eigenvalue weighted by Gasteiger charge is -2.13. The van der Waals surface area contributed by atoms with Crippen LogP contribution in [0.3, 0.4) is 0 Å². The number of nitrogens with two attached hydrogens (primary N) is 1. The molecule has 0 fully saturated rings. The van der Waals surface area contributed by atoms with E-state index in [1.54, 1.807) is 36.4 Å². The van der Waals surface area contributed by atoms with Crippen molar-refractivity contribution < 1.29 is 12.8 Å². The number of benzene rings is 3. The molecule has 4 rings (SSSR count). The number of aromatic nitrogens is 2. The average Bonchev–Trinajstić information content (AvgIpc) is 2.74. The minimum Gasteiger partial charge on any atom is -0.340 e. The molecule has 1 aromatic heterocycles. The average molecular weight is 469 g/mol. The maximum absolute atomic E-state index is 13.5. The summed E-state index contributed by atoms with van der Waals surface area (Å²) in [6.45, 7) is 0. The van der Waals surface area contributed by atoms with Crippen LogP contribution in [0.4, 0.5) is 27.3 Å². The second kappa shape index (κ2) is 8.83. The Morgan fingerprint density at radius 3 is 2.34 bits per heavy atom. The van der Waals surface area contributed by atoms with E-state index in [1.165, 1.54) is 30.6 Å². The van der Waals surface area contributed by atoms with Crippen LogP contribution in [0.15, 0.2) is 78.0 Å². The third kappa shape index (κ3) is 5.14. The van der Waals surface area contributed by atoms with Crippen LogP contribution in [0.25, 0.3) is 10.9 Å². The molecule has 0 saturated carbocycles. The van der Waals surface area contributed by atoms with E-state index in [1.807, 2.05) is 6.07 Å². The number of hydrogen-bond acceptors (Lipinski definition) is 6. The number of anilines is 4. The van der Waals surface area contributed by atoms with Crippen molar-refractivity contribution in [2.75, 3.05) is 16.0 Å². The van der Waals surface area contributed by atoms with Gasteiger partial charge in [0.05, 0.1) is 10.4 Å². The molecule has 0 amide bonds. The van der Waals surface area contributed by atoms with Crippen molar-refractivity contribution in [3.05, 3.63) is 78.9 Å². The maximum Gasteiger partial charge on any atom is 0.238 e. The molecule has 1 heterocycles. The summed E-state index contributed by atoms with van der Waals surface area (Å²) < 4.78 is 36.2. The Balaban J connectivity index is 1.52. The molecule has 0 radical (unpaired) electrons. The van der Waals surface area contributed by atoms with Gasteiger partial charge in [-0.1, -0.05) is 6.07 Å². The van der Waals surface area contributed by atoms with Crippen LogP contribution in [-0.4, -0.2) is 23.5 Å². The van der Waals surface area contributed by atoms with Gasteiger partial charge < -0.3 is 16.0 Å². The Morgan fingerprint density at radius 1 is 0.906 bits per heavy atom. The SMILES string of the molecule is NS(=O)(=O)c1ccc(NC(=S)Nc2ccc3ncnc(Nc4cccc(F)c4)c3c2)cc1. The number of fused-ring (bicyclic) bond motifs is 1. The van der Waals surface area contributed by atoms with Crippen molar-refractivity contribution in [1.29, 1.82) is 0 Å². The predicted octanol–water partition coefficient (Wildman–Crippen LogP) is 3.97. The summed E-state index contributed by atoms with van der Waals surface area (Å²) in [4.78, 5) is 8.53. The highest BCUT2D eigenvalue weighted by molar-refractivity contribution is 7.89. The Labute approximate surface area is 188 Å². The lowest BCUT2D eigenvalue weighted by atomic mass is 10.2. The summed E-state index contributed by atoms with van der Waals surface area (Å²) in [5.74, 6) is 0.158. The molecule has 32 heavy (non-hydrogen) atoms. The van der Waals surface area contributed by atoms with Gasteiger partial charge in [0.1, 0.15) is 18.0 Å². The summed E-state index contributed by atoms with van der Waals surface area (Å²) >= 11 is 5.35. The minimum absolute atomic E-state index is 0.00906. The first-order chi connectivity index (χ1) is 15.3. The predicted molar refractivity (Wildman–Crippen MR) is 127 cm³/mol. The van der Waals surface area contributed by atoms with E-state index in [4.69, 9.17) is 17.4 Å². The standard InChI is InChI=1S/C21H17FN6O2S2/c22-13-2-1-3-15(10-13)26-20-18-11-16(6-9-19(18)24-12-25-20)28-21(31)27-14-4-7-17(8-5-14)32(23,29)30/h1-12H,(H2,23,29,30)(H,24,25,26)(H2,27,28,31). The van der Waals surface area contributed by atoms with Gasteiger partial charge in [-0.15, -0.1) is 0 Å². The number of nitrogens with zero attached hydrogens (tertiary/aromatic N) is 2. The Hall–Kier alpha value is -3.67. The van der Waals surface area contributed by atoms with Gasteiger partial charge in [0.2, 0.25) is 10.0 Å². The zero-order valence-electron chi connectivity index (χ0n) is 16.4. The van der Waals surface area contributed by atoms with Gasteiger partial charge in [-0.3, -0.25) is 0 Å². The summed E-state index contributed by atoms with van der Waals surface area (Å²) in [5.41, 5.74) is 2.52. The highest BCUT2D eigenvalue weighted by Crippen LogP contribution is 2.26. The molecule has 4 aromatic rings. The van der Waals surface area contributed by atoms with Crippen molar-refractivity contribution in [2.45, 2.75) is 4.90 Å². The molecule has 0 bridgehead atoms. The van der Waals surface area contributed by atoms with Gasteiger partial charge in [0.15, 0.2) is 5.11 Å². The number of thiocarbonyl (C=S) groups is 1. The fraction of sp³-hybridized carbons (Fsp3) is 0. The van der Waals surface area contributed by atoms with Crippen molar-refractivity contribution in [3.63, 3.8) is 0 Å². The fourth-order valence-corrected chi connectivity index (χ4v) is 3.71. The Bertz CT molecular complexity index is 1410. The van der Waals surface area contributed by atoms with Gasteiger partial charge in [0.25, 0.3) is 0 Å². The van der Waals surface area contributed by atoms with Crippen molar-refractivity contribution >= 4 is 61.1 Å². The lowest BCUT2D eigenvalue weighted by molar-refractivity contribution is 0.598. The first-order valence-electron chi connectivity index (χ1n) is 9.26. The Morgan fingerprint density at radius 2 is 1.62 bits per heavy atom. The Kier molecular flexibility index (Phi) is 5.95. The lowest BCUT2D eigenvalue weighted by Crippen LogP contribution is -2.19. The molecule has 0 spiro atoms. The quantitative estimate of drug-likeness (QED) is 0.325. The second-order valence-corrected chi connectivity index (χ2v) is 8.71. The first-order valence-corrected chi connectivity index (χ1v) is 11.2. The van der Waals surface area contributed by atoms with E-state index in [0.29, 0.717) is 38.9 Å². The number of hydrogen-bond donors (Lipinski definition) is 4. The number of primary sulfonamides is 1. The van der Waals surface area contributed by atoms with E-state index in [2.05, 4.69) is 25.9 Å². The fourth-order valence-electron chi connectivity index (χ4n) is 2.96. The third-order valence-corrected chi connectivity index (χ3v) is 5.55. The molecule has 5 N–H and O–H groups in total. The topological polar surface area (TPSA) is 122 Å². The third-order valence-electron chi connectivity index (χ3n) is 4.42. The van der Waals surface area contributed by atoms with Gasteiger partial charge in [-0.05, 0) is 72.9 Å². The van der Waals surface area contributed by atoms with Crippen molar-refractivity contribution in [2.24, 2.45) is 5.14 Å². The summed E-state index contributed by atoms with van der Waals surface area (Å²) in [7, 11) is -3.76. The zero-order valence-corrected chi connectivity index (χ0v) is 18.0. The number of rotatable bonds is 5. The monoisotopic (exact) mass is 468 g/mol. The second-order valence-electron chi connectivity index (χ2n) is 6.74. The van der Waals surface area contributed by atoms with Crippen LogP contribution < -0.4 is 21.1 Å². The molecule has 3 aromatic carbocycles. The van der Waals surface area contributed by atoms with Crippen LogP contribution in [0.5, 0.6) is 0 Å². The van der Waals surface area contributed by atoms with Gasteiger partial charge >= 0.3 is 0 Å². The largest absolute Gasteiger partial charge is 0.340 e. The van der Waals surface area contributed by atoms with Crippen LogP contribution in [0, 0.1) is 5.82 Å². The number of sulfonamides is 1. The molecule has 0 saturated heterocycles. The normalized spacial score (nSPS) is 11.2. The van der Waals surface area contributed by atoms with Gasteiger partial charge in [-0.25, -0.2) is 27.9 Å². The molecule has 8 nitrogen and oxygen atoms in total. The smallest absolute Gasteiger partial charge is 0.238 e. The van der Waals surface area contributed by atoms with E-state index in [0.717, 1.165) is 0 Å². The molecule has 162 valence electrons. The number of halogens is 1. The van der Waals surface area contributed by atoms with Crippen LogP contribution in [0.2, 0.25) is 0 Å². The maximum atomic E-state index is 13.5. The summed E-state index contributed by atoms with van der Waals surface area (Å²) in [6.07, 6.45) is 1.43. The molecule has 0 unspecified atom stereocenters. The first kappa shape index (κ1) is 21.6. The van der Waals surface area contributed by atoms with Crippen LogP contribution >= 0.6 is 12.2 Å². The van der Waals surface area contributed by atoms with Crippen molar-refractivity contribution in [3.8, 4) is 0 Å².